The van der Waals surface area contributed by atoms with Crippen LogP contribution in [0.5, 0.6) is 0 Å². The molecule has 0 spiro atoms. The molecule has 0 bridgehead atoms. The lowest BCUT2D eigenvalue weighted by atomic mass is 10.0. The van der Waals surface area contributed by atoms with Gasteiger partial charge in [-0.05, 0) is 23.6 Å². The van der Waals surface area contributed by atoms with Crippen LogP contribution in [0.25, 0.3) is 4.85 Å². The molecule has 1 amide bonds. The largest absolute Gasteiger partial charge is 0.448 e. The Morgan fingerprint density at radius 2 is 1.71 bits per heavy atom. The summed E-state index contributed by atoms with van der Waals surface area (Å²) in [5.41, 5.74) is 2.79. The molecule has 5 nitrogen and oxygen atoms in total. The van der Waals surface area contributed by atoms with Gasteiger partial charge in [0.25, 0.3) is 0 Å². The number of rotatable bonds is 4. The number of benzene rings is 2. The van der Waals surface area contributed by atoms with E-state index in [1.54, 1.807) is 0 Å². The second-order valence-corrected chi connectivity index (χ2v) is 7.82. The minimum atomic E-state index is -0.708. The van der Waals surface area contributed by atoms with Gasteiger partial charge in [0.2, 0.25) is 0 Å². The number of β-lactam (4-membered cyclic amide) rings is 1. The molecule has 2 aliphatic heterocycles. The monoisotopic (exact) mass is 390 g/mol. The summed E-state index contributed by atoms with van der Waals surface area (Å²) in [4.78, 5) is 30.3. The summed E-state index contributed by atoms with van der Waals surface area (Å²) in [6.07, 6.45) is -0.573. The third-order valence-electron chi connectivity index (χ3n) is 4.89. The first-order valence-corrected chi connectivity index (χ1v) is 9.98. The van der Waals surface area contributed by atoms with Gasteiger partial charge >= 0.3 is 17.9 Å². The van der Waals surface area contributed by atoms with Crippen LogP contribution < -0.4 is 0 Å². The molecule has 1 unspecified atom stereocenters. The van der Waals surface area contributed by atoms with Gasteiger partial charge in [-0.15, -0.1) is 11.8 Å². The summed E-state index contributed by atoms with van der Waals surface area (Å²) in [7, 11) is 0. The Kier molecular flexibility index (Phi) is 4.93. The van der Waals surface area contributed by atoms with Crippen molar-refractivity contribution >= 4 is 23.6 Å². The smallest absolute Gasteiger partial charge is 0.356 e. The zero-order chi connectivity index (χ0) is 19.7. The second kappa shape index (κ2) is 7.53. The van der Waals surface area contributed by atoms with E-state index in [0.717, 1.165) is 16.7 Å². The molecule has 0 aromatic heterocycles. The number of thioether (sulfide) groups is 1. The van der Waals surface area contributed by atoms with Crippen LogP contribution in [0.15, 0.2) is 71.9 Å². The fourth-order valence-electron chi connectivity index (χ4n) is 3.48. The number of carbonyl (C=O) groups is 2. The summed E-state index contributed by atoms with van der Waals surface area (Å²) in [6, 6.07) is 18.4. The Morgan fingerprint density at radius 1 is 1.14 bits per heavy atom. The van der Waals surface area contributed by atoms with Crippen molar-refractivity contribution in [3.63, 3.8) is 0 Å². The van der Waals surface area contributed by atoms with E-state index in [1.807, 2.05) is 67.6 Å². The molecule has 0 N–H and O–H groups in total. The molecule has 28 heavy (non-hydrogen) atoms. The van der Waals surface area contributed by atoms with Crippen LogP contribution >= 0.6 is 11.8 Å². The highest BCUT2D eigenvalue weighted by atomic mass is 32.2. The van der Waals surface area contributed by atoms with Gasteiger partial charge in [0, 0.05) is 5.75 Å². The molecule has 1 fully saturated rings. The highest BCUT2D eigenvalue weighted by Crippen LogP contribution is 2.42. The average molecular weight is 390 g/mol. The van der Waals surface area contributed by atoms with Crippen molar-refractivity contribution in [2.45, 2.75) is 24.4 Å². The van der Waals surface area contributed by atoms with Gasteiger partial charge in [0.05, 0.1) is 0 Å². The van der Waals surface area contributed by atoms with Gasteiger partial charge < -0.3 is 4.74 Å². The average Bonchev–Trinajstić information content (AvgIpc) is 2.73. The highest BCUT2D eigenvalue weighted by molar-refractivity contribution is 8.00. The van der Waals surface area contributed by atoms with E-state index in [-0.39, 0.29) is 17.0 Å². The lowest BCUT2D eigenvalue weighted by Gasteiger charge is -2.43. The van der Waals surface area contributed by atoms with Gasteiger partial charge in [-0.25, -0.2) is 11.4 Å². The summed E-state index contributed by atoms with van der Waals surface area (Å²) >= 11 is 1.52. The molecule has 0 radical (unpaired) electrons. The Labute approximate surface area is 167 Å². The third kappa shape index (κ3) is 3.08. The fraction of sp³-hybridized carbons (Fsp3) is 0.227. The Hall–Kier alpha value is -3.04. The highest BCUT2D eigenvalue weighted by Gasteiger charge is 2.58. The number of esters is 1. The van der Waals surface area contributed by atoms with Crippen molar-refractivity contribution in [1.82, 2.24) is 4.90 Å². The lowest BCUT2D eigenvalue weighted by molar-refractivity contribution is -0.152. The van der Waals surface area contributed by atoms with Crippen LogP contribution in [0.3, 0.4) is 0 Å². The zero-order valence-electron chi connectivity index (χ0n) is 15.2. The second-order valence-electron chi connectivity index (χ2n) is 6.72. The minimum Gasteiger partial charge on any atom is -0.448 e. The van der Waals surface area contributed by atoms with E-state index in [2.05, 4.69) is 4.85 Å². The summed E-state index contributed by atoms with van der Waals surface area (Å²) in [6.45, 7) is 9.04. The molecular formula is C22H18N2O3S. The first-order chi connectivity index (χ1) is 13.6. The van der Waals surface area contributed by atoms with Crippen molar-refractivity contribution in [3.05, 3.63) is 94.5 Å². The topological polar surface area (TPSA) is 51.0 Å². The third-order valence-corrected chi connectivity index (χ3v) is 6.30. The van der Waals surface area contributed by atoms with Crippen LogP contribution in [-0.2, 0) is 14.3 Å². The SMILES string of the molecule is [C-]#[N+]C1C(=O)N2C(C(=O)OC(c3ccccc3)c3ccccc3)=C(C)CS[C@@H]12. The number of hydrogen-bond donors (Lipinski definition) is 0. The maximum Gasteiger partial charge on any atom is 0.356 e. The normalized spacial score (nSPS) is 21.0. The van der Waals surface area contributed by atoms with Gasteiger partial charge in [0.1, 0.15) is 5.70 Å². The van der Waals surface area contributed by atoms with E-state index in [1.165, 1.54) is 16.7 Å². The van der Waals surface area contributed by atoms with Gasteiger partial charge in [0.15, 0.2) is 11.5 Å². The molecule has 6 heteroatoms. The van der Waals surface area contributed by atoms with E-state index < -0.39 is 18.1 Å². The van der Waals surface area contributed by atoms with Crippen LogP contribution in [0.4, 0.5) is 0 Å². The Morgan fingerprint density at radius 3 is 2.25 bits per heavy atom. The van der Waals surface area contributed by atoms with Gasteiger partial charge in [-0.3, -0.25) is 14.5 Å². The maximum atomic E-state index is 13.1. The predicted octanol–water partition coefficient (Wildman–Crippen LogP) is 3.80. The number of fused-ring (bicyclic) bond motifs is 1. The number of hydrogen-bond acceptors (Lipinski definition) is 4. The maximum absolute atomic E-state index is 13.1. The van der Waals surface area contributed by atoms with E-state index in [0.29, 0.717) is 5.75 Å². The van der Waals surface area contributed by atoms with Crippen molar-refractivity contribution in [3.8, 4) is 0 Å². The quantitative estimate of drug-likeness (QED) is 0.453. The standard InChI is InChI=1S/C22H18N2O3S/c1-14-13-28-21-17(23-2)20(25)24(21)18(14)22(26)27-19(15-9-5-3-6-10-15)16-11-7-4-8-12-16/h3-12,17,19,21H,13H2,1H3/t17?,21-/m0/s1. The molecule has 2 aliphatic rings. The first kappa shape index (κ1) is 18.3. The molecule has 0 saturated carbocycles. The van der Waals surface area contributed by atoms with Crippen LogP contribution in [-0.4, -0.2) is 33.9 Å². The molecule has 140 valence electrons. The number of nitrogens with zero attached hydrogens (tertiary/aromatic N) is 2. The number of amides is 1. The van der Waals surface area contributed by atoms with Crippen LogP contribution in [0.2, 0.25) is 0 Å². The van der Waals surface area contributed by atoms with E-state index in [9.17, 15) is 9.59 Å². The van der Waals surface area contributed by atoms with Crippen LogP contribution in [0.1, 0.15) is 24.2 Å². The van der Waals surface area contributed by atoms with Crippen molar-refractivity contribution < 1.29 is 14.3 Å². The Balaban J connectivity index is 1.65. The molecular weight excluding hydrogens is 372 g/mol. The number of ether oxygens (including phenoxy) is 1. The lowest BCUT2D eigenvalue weighted by Crippen LogP contribution is -2.63. The van der Waals surface area contributed by atoms with Gasteiger partial charge in [-0.1, -0.05) is 60.7 Å². The van der Waals surface area contributed by atoms with Crippen molar-refractivity contribution in [1.29, 1.82) is 0 Å². The molecule has 2 heterocycles. The first-order valence-electron chi connectivity index (χ1n) is 8.93. The molecule has 2 aromatic carbocycles. The molecule has 2 aromatic rings. The predicted molar refractivity (Wildman–Crippen MR) is 107 cm³/mol. The van der Waals surface area contributed by atoms with Gasteiger partial charge in [-0.2, -0.15) is 0 Å². The van der Waals surface area contributed by atoms with Crippen LogP contribution in [0, 0.1) is 6.57 Å². The van der Waals surface area contributed by atoms with E-state index in [4.69, 9.17) is 11.3 Å². The number of carbonyl (C=O) groups excluding carboxylic acids is 2. The summed E-state index contributed by atoms with van der Waals surface area (Å²) in [5, 5.41) is -0.303. The fourth-order valence-corrected chi connectivity index (χ4v) is 4.75. The summed E-state index contributed by atoms with van der Waals surface area (Å²) in [5.74, 6) is -0.251. The molecule has 0 aliphatic carbocycles. The minimum absolute atomic E-state index is 0.283. The molecule has 2 atom stereocenters. The summed E-state index contributed by atoms with van der Waals surface area (Å²) < 4.78 is 5.92. The van der Waals surface area contributed by atoms with Crippen molar-refractivity contribution in [2.24, 2.45) is 0 Å². The zero-order valence-corrected chi connectivity index (χ0v) is 16.1. The molecule has 4 rings (SSSR count). The van der Waals surface area contributed by atoms with E-state index >= 15 is 0 Å². The van der Waals surface area contributed by atoms with Crippen molar-refractivity contribution in [2.75, 3.05) is 5.75 Å². The Bertz CT molecular complexity index is 942. The molecule has 1 saturated heterocycles.